The lowest BCUT2D eigenvalue weighted by Crippen LogP contribution is -2.44. The van der Waals surface area contributed by atoms with Crippen LogP contribution >= 0.6 is 0 Å². The number of hydrogen-bond acceptors (Lipinski definition) is 6. The van der Waals surface area contributed by atoms with E-state index in [9.17, 15) is 10.2 Å². The highest BCUT2D eigenvalue weighted by Gasteiger charge is 2.56. The second-order valence-corrected chi connectivity index (χ2v) is 6.08. The molecule has 0 saturated carbocycles. The van der Waals surface area contributed by atoms with Crippen LogP contribution in [0.5, 0.6) is 0 Å². The summed E-state index contributed by atoms with van der Waals surface area (Å²) in [6, 6.07) is 9.73. The van der Waals surface area contributed by atoms with E-state index in [1.54, 1.807) is 13.8 Å². The van der Waals surface area contributed by atoms with Gasteiger partial charge < -0.3 is 29.2 Å². The van der Waals surface area contributed by atoms with Crippen LogP contribution in [0.25, 0.3) is 0 Å². The lowest BCUT2D eigenvalue weighted by Gasteiger charge is -2.28. The molecular weight excluding hydrogens is 288 g/mol. The van der Waals surface area contributed by atoms with Crippen molar-refractivity contribution in [3.63, 3.8) is 0 Å². The van der Waals surface area contributed by atoms with Crippen LogP contribution in [0.3, 0.4) is 0 Å². The van der Waals surface area contributed by atoms with Crippen LogP contribution in [0.15, 0.2) is 30.3 Å². The van der Waals surface area contributed by atoms with Gasteiger partial charge in [-0.2, -0.15) is 0 Å². The molecule has 0 spiro atoms. The molecule has 6 nitrogen and oxygen atoms in total. The molecule has 0 amide bonds. The molecule has 2 heterocycles. The zero-order valence-electron chi connectivity index (χ0n) is 12.7. The molecule has 122 valence electrons. The van der Waals surface area contributed by atoms with Crippen molar-refractivity contribution < 1.29 is 29.2 Å². The largest absolute Gasteiger partial charge is 0.394 e. The van der Waals surface area contributed by atoms with Crippen molar-refractivity contribution in [3.05, 3.63) is 35.9 Å². The first-order chi connectivity index (χ1) is 10.5. The van der Waals surface area contributed by atoms with Gasteiger partial charge in [-0.05, 0) is 19.4 Å². The molecule has 1 aromatic rings. The Morgan fingerprint density at radius 3 is 2.64 bits per heavy atom. The van der Waals surface area contributed by atoms with Crippen molar-refractivity contribution in [1.82, 2.24) is 0 Å². The Hall–Kier alpha value is -1.02. The van der Waals surface area contributed by atoms with E-state index in [0.717, 1.165) is 5.56 Å². The third kappa shape index (κ3) is 3.17. The van der Waals surface area contributed by atoms with Gasteiger partial charge in [-0.15, -0.1) is 0 Å². The molecular formula is C16H22O6. The van der Waals surface area contributed by atoms with Gasteiger partial charge in [0.05, 0.1) is 13.2 Å². The molecule has 2 aliphatic heterocycles. The zero-order valence-corrected chi connectivity index (χ0v) is 12.7. The molecule has 3 rings (SSSR count). The molecule has 2 N–H and O–H groups in total. The van der Waals surface area contributed by atoms with E-state index in [4.69, 9.17) is 18.9 Å². The zero-order chi connectivity index (χ0) is 15.7. The average Bonchev–Trinajstić information content (AvgIpc) is 2.97. The van der Waals surface area contributed by atoms with Gasteiger partial charge in [-0.25, -0.2) is 0 Å². The van der Waals surface area contributed by atoms with E-state index in [2.05, 4.69) is 0 Å². The highest BCUT2D eigenvalue weighted by Crippen LogP contribution is 2.39. The molecule has 1 aromatic carbocycles. The summed E-state index contributed by atoms with van der Waals surface area (Å²) in [6.45, 7) is 3.58. The highest BCUT2D eigenvalue weighted by molar-refractivity contribution is 5.13. The smallest absolute Gasteiger partial charge is 0.190 e. The molecule has 0 radical (unpaired) electrons. The highest BCUT2D eigenvalue weighted by atomic mass is 16.8. The summed E-state index contributed by atoms with van der Waals surface area (Å²) in [7, 11) is 0. The van der Waals surface area contributed by atoms with Crippen LogP contribution in [-0.4, -0.2) is 53.3 Å². The molecule has 0 aliphatic carbocycles. The monoisotopic (exact) mass is 310 g/mol. The fraction of sp³-hybridized carbons (Fsp3) is 0.625. The number of aliphatic hydroxyl groups is 2. The standard InChI is InChI=1S/C16H22O6/c1-16(2)21-14-13(19-9-10-6-4-3-5-7-10)12(11(18)8-17)20-15(14)22-16/h3-7,11-15,17-18H,8-9H2,1-2H3/t11?,12-,13?,14?,15-/m1/s1. The lowest BCUT2D eigenvalue weighted by atomic mass is 10.1. The molecule has 2 fully saturated rings. The van der Waals surface area contributed by atoms with Crippen LogP contribution in [-0.2, 0) is 25.6 Å². The maximum atomic E-state index is 9.94. The predicted molar refractivity (Wildman–Crippen MR) is 76.8 cm³/mol. The van der Waals surface area contributed by atoms with E-state index >= 15 is 0 Å². The first kappa shape index (κ1) is 15.9. The van der Waals surface area contributed by atoms with Crippen molar-refractivity contribution in [2.75, 3.05) is 6.61 Å². The first-order valence-electron chi connectivity index (χ1n) is 7.46. The van der Waals surface area contributed by atoms with E-state index in [1.807, 2.05) is 30.3 Å². The van der Waals surface area contributed by atoms with Crippen molar-refractivity contribution in [1.29, 1.82) is 0 Å². The summed E-state index contributed by atoms with van der Waals surface area (Å²) in [5.74, 6) is -0.751. The Bertz CT molecular complexity index is 491. The minimum atomic E-state index is -1.04. The molecule has 0 bridgehead atoms. The second kappa shape index (κ2) is 6.23. The molecule has 0 aromatic heterocycles. The van der Waals surface area contributed by atoms with Crippen LogP contribution in [0.2, 0.25) is 0 Å². The Morgan fingerprint density at radius 2 is 1.95 bits per heavy atom. The fourth-order valence-corrected chi connectivity index (χ4v) is 2.87. The van der Waals surface area contributed by atoms with Gasteiger partial charge >= 0.3 is 0 Å². The number of aliphatic hydroxyl groups excluding tert-OH is 2. The number of rotatable bonds is 5. The Balaban J connectivity index is 1.71. The average molecular weight is 310 g/mol. The molecule has 2 aliphatic rings. The number of fused-ring (bicyclic) bond motifs is 1. The topological polar surface area (TPSA) is 77.4 Å². The van der Waals surface area contributed by atoms with Crippen LogP contribution in [0.1, 0.15) is 19.4 Å². The van der Waals surface area contributed by atoms with Crippen molar-refractivity contribution >= 4 is 0 Å². The van der Waals surface area contributed by atoms with Gasteiger partial charge in [0, 0.05) is 0 Å². The van der Waals surface area contributed by atoms with Crippen LogP contribution in [0, 0.1) is 0 Å². The van der Waals surface area contributed by atoms with Gasteiger partial charge in [0.25, 0.3) is 0 Å². The van der Waals surface area contributed by atoms with Crippen LogP contribution in [0.4, 0.5) is 0 Å². The normalized spacial score (nSPS) is 34.5. The molecule has 3 unspecified atom stereocenters. The molecule has 2 saturated heterocycles. The first-order valence-corrected chi connectivity index (χ1v) is 7.46. The fourth-order valence-electron chi connectivity index (χ4n) is 2.87. The van der Waals surface area contributed by atoms with E-state index in [0.29, 0.717) is 6.61 Å². The van der Waals surface area contributed by atoms with Crippen LogP contribution < -0.4 is 0 Å². The Labute approximate surface area is 129 Å². The quantitative estimate of drug-likeness (QED) is 0.838. The summed E-state index contributed by atoms with van der Waals surface area (Å²) in [5.41, 5.74) is 1.02. The van der Waals surface area contributed by atoms with Crippen molar-refractivity contribution in [2.24, 2.45) is 0 Å². The molecule has 5 atom stereocenters. The van der Waals surface area contributed by atoms with Crippen molar-refractivity contribution in [3.8, 4) is 0 Å². The third-order valence-electron chi connectivity index (χ3n) is 3.88. The minimum Gasteiger partial charge on any atom is -0.394 e. The Kier molecular flexibility index (Phi) is 4.49. The summed E-state index contributed by atoms with van der Waals surface area (Å²) >= 11 is 0. The van der Waals surface area contributed by atoms with E-state index in [1.165, 1.54) is 0 Å². The maximum absolute atomic E-state index is 9.94. The summed E-state index contributed by atoms with van der Waals surface area (Å²) in [6.07, 6.45) is -3.25. The summed E-state index contributed by atoms with van der Waals surface area (Å²) < 4.78 is 23.1. The SMILES string of the molecule is CC1(C)OC2C(OCc3ccccc3)[C@@H](C(O)CO)O[C@@H]2O1. The lowest BCUT2D eigenvalue weighted by molar-refractivity contribution is -0.232. The van der Waals surface area contributed by atoms with Gasteiger partial charge in [0.15, 0.2) is 12.1 Å². The molecule has 22 heavy (non-hydrogen) atoms. The van der Waals surface area contributed by atoms with E-state index < -0.39 is 43.1 Å². The summed E-state index contributed by atoms with van der Waals surface area (Å²) in [4.78, 5) is 0. The second-order valence-electron chi connectivity index (χ2n) is 6.08. The minimum absolute atomic E-state index is 0.372. The van der Waals surface area contributed by atoms with Gasteiger partial charge in [-0.1, -0.05) is 30.3 Å². The van der Waals surface area contributed by atoms with Crippen molar-refractivity contribution in [2.45, 2.75) is 56.9 Å². The Morgan fingerprint density at radius 1 is 1.23 bits per heavy atom. The van der Waals surface area contributed by atoms with E-state index in [-0.39, 0.29) is 0 Å². The maximum Gasteiger partial charge on any atom is 0.190 e. The number of hydrogen-bond donors (Lipinski definition) is 2. The van der Waals surface area contributed by atoms with Gasteiger partial charge in [0.2, 0.25) is 0 Å². The van der Waals surface area contributed by atoms with Gasteiger partial charge in [0.1, 0.15) is 24.4 Å². The predicted octanol–water partition coefficient (Wildman–Crippen LogP) is 0.801. The third-order valence-corrected chi connectivity index (χ3v) is 3.88. The number of benzene rings is 1. The number of ether oxygens (including phenoxy) is 4. The van der Waals surface area contributed by atoms with Gasteiger partial charge in [-0.3, -0.25) is 0 Å². The molecule has 6 heteroatoms. The summed E-state index contributed by atoms with van der Waals surface area (Å²) in [5, 5.41) is 19.1.